The third-order valence-corrected chi connectivity index (χ3v) is 2.86. The summed E-state index contributed by atoms with van der Waals surface area (Å²) in [6.07, 6.45) is -4.71. The van der Waals surface area contributed by atoms with Gasteiger partial charge in [0.15, 0.2) is 0 Å². The van der Waals surface area contributed by atoms with E-state index in [1.807, 2.05) is 0 Å². The van der Waals surface area contributed by atoms with Gasteiger partial charge >= 0.3 is 6.36 Å². The highest BCUT2D eigenvalue weighted by Crippen LogP contribution is 2.22. The monoisotopic (exact) mass is 302 g/mol. The Hall–Kier alpha value is -2.09. The van der Waals surface area contributed by atoms with Crippen molar-refractivity contribution >= 4 is 17.2 Å². The Kier molecular flexibility index (Phi) is 4.23. The third-order valence-electron chi connectivity index (χ3n) is 2.27. The maximum Gasteiger partial charge on any atom is 0.573 e. The molecule has 0 spiro atoms. The van der Waals surface area contributed by atoms with Gasteiger partial charge in [-0.2, -0.15) is 0 Å². The molecule has 106 valence electrons. The van der Waals surface area contributed by atoms with Gasteiger partial charge in [0.1, 0.15) is 11.4 Å². The van der Waals surface area contributed by atoms with Gasteiger partial charge in [0, 0.05) is 11.9 Å². The van der Waals surface area contributed by atoms with E-state index in [0.29, 0.717) is 11.3 Å². The van der Waals surface area contributed by atoms with E-state index in [1.165, 1.54) is 41.1 Å². The fourth-order valence-corrected chi connectivity index (χ4v) is 1.94. The molecule has 4 nitrogen and oxygen atoms in total. The summed E-state index contributed by atoms with van der Waals surface area (Å²) in [6.45, 7) is 0.197. The molecule has 8 heteroatoms. The number of amides is 1. The molecular formula is C12H9F3N2O2S. The first kappa shape index (κ1) is 14.3. The van der Waals surface area contributed by atoms with Crippen molar-refractivity contribution < 1.29 is 22.7 Å². The first-order chi connectivity index (χ1) is 9.44. The molecule has 0 bridgehead atoms. The zero-order valence-electron chi connectivity index (χ0n) is 9.98. The quantitative estimate of drug-likeness (QED) is 0.944. The molecule has 0 aliphatic rings. The third kappa shape index (κ3) is 4.23. The second-order valence-electron chi connectivity index (χ2n) is 3.75. The van der Waals surface area contributed by atoms with Crippen molar-refractivity contribution in [3.63, 3.8) is 0 Å². The van der Waals surface area contributed by atoms with Gasteiger partial charge in [-0.25, -0.2) is 4.98 Å². The lowest BCUT2D eigenvalue weighted by Gasteiger charge is -2.09. The summed E-state index contributed by atoms with van der Waals surface area (Å²) in [5, 5.41) is 4.22. The Bertz CT molecular complexity index is 567. The van der Waals surface area contributed by atoms with Crippen LogP contribution in [0.3, 0.4) is 0 Å². The zero-order valence-corrected chi connectivity index (χ0v) is 10.8. The Labute approximate surface area is 116 Å². The second-order valence-corrected chi connectivity index (χ2v) is 4.47. The summed E-state index contributed by atoms with van der Waals surface area (Å²) in [7, 11) is 0. The number of carbonyl (C=O) groups excluding carboxylic acids is 1. The van der Waals surface area contributed by atoms with Gasteiger partial charge in [-0.05, 0) is 17.7 Å². The maximum atomic E-state index is 12.0. The molecule has 1 N–H and O–H groups in total. The molecule has 0 radical (unpaired) electrons. The highest BCUT2D eigenvalue weighted by atomic mass is 32.1. The van der Waals surface area contributed by atoms with Crippen LogP contribution in [0.4, 0.5) is 13.2 Å². The number of carbonyl (C=O) groups is 1. The van der Waals surface area contributed by atoms with Gasteiger partial charge in [0.25, 0.3) is 5.91 Å². The van der Waals surface area contributed by atoms with Crippen LogP contribution in [-0.4, -0.2) is 17.3 Å². The number of alkyl halides is 3. The van der Waals surface area contributed by atoms with Gasteiger partial charge in [-0.15, -0.1) is 24.5 Å². The number of hydrogen-bond donors (Lipinski definition) is 1. The van der Waals surface area contributed by atoms with Crippen LogP contribution in [0.15, 0.2) is 35.2 Å². The number of thiazole rings is 1. The van der Waals surface area contributed by atoms with Gasteiger partial charge in [0.2, 0.25) is 0 Å². The summed E-state index contributed by atoms with van der Waals surface area (Å²) >= 11 is 1.30. The summed E-state index contributed by atoms with van der Waals surface area (Å²) in [5.74, 6) is -0.631. The normalized spacial score (nSPS) is 11.2. The molecule has 20 heavy (non-hydrogen) atoms. The van der Waals surface area contributed by atoms with E-state index in [-0.39, 0.29) is 18.2 Å². The summed E-state index contributed by atoms with van der Waals surface area (Å²) < 4.78 is 39.6. The minimum absolute atomic E-state index is 0.197. The van der Waals surface area contributed by atoms with E-state index in [2.05, 4.69) is 15.0 Å². The Balaban J connectivity index is 1.89. The molecule has 0 aliphatic heterocycles. The molecule has 1 amide bonds. The fraction of sp³-hybridized carbons (Fsp3) is 0.167. The first-order valence-electron chi connectivity index (χ1n) is 5.45. The zero-order chi connectivity index (χ0) is 14.6. The summed E-state index contributed by atoms with van der Waals surface area (Å²) in [4.78, 5) is 15.4. The van der Waals surface area contributed by atoms with Crippen LogP contribution in [0.1, 0.15) is 16.1 Å². The topological polar surface area (TPSA) is 51.2 Å². The Morgan fingerprint density at radius 1 is 1.30 bits per heavy atom. The van der Waals surface area contributed by atoms with E-state index in [0.717, 1.165) is 0 Å². The predicted molar refractivity (Wildman–Crippen MR) is 66.4 cm³/mol. The van der Waals surface area contributed by atoms with E-state index in [4.69, 9.17) is 0 Å². The van der Waals surface area contributed by atoms with Gasteiger partial charge in [-0.3, -0.25) is 4.79 Å². The molecular weight excluding hydrogens is 293 g/mol. The molecule has 2 aromatic rings. The molecule has 0 saturated carbocycles. The van der Waals surface area contributed by atoms with Crippen molar-refractivity contribution in [1.82, 2.24) is 10.3 Å². The number of aromatic nitrogens is 1. The van der Waals surface area contributed by atoms with Gasteiger partial charge < -0.3 is 10.1 Å². The molecule has 1 aromatic heterocycles. The lowest BCUT2D eigenvalue weighted by atomic mass is 10.2. The number of nitrogens with zero attached hydrogens (tertiary/aromatic N) is 1. The number of rotatable bonds is 4. The van der Waals surface area contributed by atoms with E-state index < -0.39 is 6.36 Å². The highest BCUT2D eigenvalue weighted by molar-refractivity contribution is 7.07. The number of benzene rings is 1. The average molecular weight is 302 g/mol. The fourth-order valence-electron chi connectivity index (χ4n) is 1.41. The molecule has 1 aromatic carbocycles. The number of nitrogens with one attached hydrogen (secondary N) is 1. The molecule has 2 rings (SSSR count). The molecule has 0 unspecified atom stereocenters. The van der Waals surface area contributed by atoms with E-state index >= 15 is 0 Å². The predicted octanol–water partition coefficient (Wildman–Crippen LogP) is 2.97. The van der Waals surface area contributed by atoms with Crippen molar-refractivity contribution in [2.75, 3.05) is 0 Å². The molecule has 0 fully saturated rings. The van der Waals surface area contributed by atoms with Gasteiger partial charge in [-0.1, -0.05) is 12.1 Å². The maximum absolute atomic E-state index is 12.0. The van der Waals surface area contributed by atoms with E-state index in [1.54, 1.807) is 5.38 Å². The number of ether oxygens (including phenoxy) is 1. The van der Waals surface area contributed by atoms with E-state index in [9.17, 15) is 18.0 Å². The van der Waals surface area contributed by atoms with Crippen molar-refractivity contribution in [3.8, 4) is 5.75 Å². The minimum atomic E-state index is -4.71. The van der Waals surface area contributed by atoms with Gasteiger partial charge in [0.05, 0.1) is 5.51 Å². The van der Waals surface area contributed by atoms with Crippen molar-refractivity contribution in [2.45, 2.75) is 12.9 Å². The van der Waals surface area contributed by atoms with Crippen LogP contribution in [-0.2, 0) is 6.54 Å². The largest absolute Gasteiger partial charge is 0.573 e. The Morgan fingerprint density at radius 3 is 2.55 bits per heavy atom. The average Bonchev–Trinajstić information content (AvgIpc) is 2.89. The smallest absolute Gasteiger partial charge is 0.406 e. The van der Waals surface area contributed by atoms with Crippen LogP contribution in [0, 0.1) is 0 Å². The number of hydrogen-bond acceptors (Lipinski definition) is 4. The van der Waals surface area contributed by atoms with Crippen LogP contribution in [0.25, 0.3) is 0 Å². The molecule has 0 aliphatic carbocycles. The van der Waals surface area contributed by atoms with Crippen molar-refractivity contribution in [2.24, 2.45) is 0 Å². The second kappa shape index (κ2) is 5.91. The summed E-state index contributed by atoms with van der Waals surface area (Å²) in [5.41, 5.74) is 2.51. The van der Waals surface area contributed by atoms with Crippen LogP contribution in [0.2, 0.25) is 0 Å². The highest BCUT2D eigenvalue weighted by Gasteiger charge is 2.30. The summed E-state index contributed by atoms with van der Waals surface area (Å²) in [6, 6.07) is 5.28. The SMILES string of the molecule is O=C(NCc1ccc(OC(F)(F)F)cc1)c1cscn1. The first-order valence-corrected chi connectivity index (χ1v) is 6.39. The molecule has 1 heterocycles. The molecule has 0 saturated heterocycles. The standard InChI is InChI=1S/C12H9F3N2O2S/c13-12(14,15)19-9-3-1-8(2-4-9)5-16-11(18)10-6-20-7-17-10/h1-4,6-7H,5H2,(H,16,18). The Morgan fingerprint density at radius 2 is 2.00 bits per heavy atom. The van der Waals surface area contributed by atoms with Crippen molar-refractivity contribution in [3.05, 3.63) is 46.4 Å². The van der Waals surface area contributed by atoms with Crippen LogP contribution >= 0.6 is 11.3 Å². The van der Waals surface area contributed by atoms with Crippen LogP contribution in [0.5, 0.6) is 5.75 Å². The minimum Gasteiger partial charge on any atom is -0.406 e. The number of halogens is 3. The molecule has 0 atom stereocenters. The lowest BCUT2D eigenvalue weighted by molar-refractivity contribution is -0.274. The lowest BCUT2D eigenvalue weighted by Crippen LogP contribution is -2.23. The van der Waals surface area contributed by atoms with Crippen LogP contribution < -0.4 is 10.1 Å². The van der Waals surface area contributed by atoms with Crippen molar-refractivity contribution in [1.29, 1.82) is 0 Å².